The monoisotopic (exact) mass is 351 g/mol. The molecule has 0 saturated heterocycles. The van der Waals surface area contributed by atoms with Crippen LogP contribution in [-0.2, 0) is 20.1 Å². The smallest absolute Gasteiger partial charge is 0.387 e. The number of hydrogen-bond acceptors (Lipinski definition) is 3. The lowest BCUT2D eigenvalue weighted by Gasteiger charge is -2.13. The average Bonchev–Trinajstić information content (AvgIpc) is 2.80. The van der Waals surface area contributed by atoms with Gasteiger partial charge in [-0.15, -0.1) is 0 Å². The number of aromatic nitrogens is 2. The lowest BCUT2D eigenvalue weighted by Crippen LogP contribution is -2.36. The molecule has 0 aliphatic carbocycles. The first-order chi connectivity index (χ1) is 11.9. The number of nitrogens with one attached hydrogen (secondary N) is 2. The first kappa shape index (κ1) is 18.7. The molecule has 25 heavy (non-hydrogen) atoms. The van der Waals surface area contributed by atoms with E-state index in [1.165, 1.54) is 6.07 Å². The van der Waals surface area contributed by atoms with Gasteiger partial charge in [0.05, 0.1) is 5.69 Å². The number of hydrogen-bond donors (Lipinski definition) is 2. The van der Waals surface area contributed by atoms with E-state index in [1.807, 2.05) is 31.6 Å². The van der Waals surface area contributed by atoms with Crippen molar-refractivity contribution in [2.75, 3.05) is 7.05 Å². The van der Waals surface area contributed by atoms with Gasteiger partial charge in [0.15, 0.2) is 5.96 Å². The summed E-state index contributed by atoms with van der Waals surface area (Å²) in [6.07, 6.45) is 0. The van der Waals surface area contributed by atoms with Gasteiger partial charge in [-0.2, -0.15) is 13.9 Å². The zero-order valence-corrected chi connectivity index (χ0v) is 14.8. The third-order valence-electron chi connectivity index (χ3n) is 3.90. The quantitative estimate of drug-likeness (QED) is 0.620. The number of aryl methyl sites for hydroxylation is 2. The van der Waals surface area contributed by atoms with Gasteiger partial charge in [-0.3, -0.25) is 9.67 Å². The van der Waals surface area contributed by atoms with E-state index >= 15 is 0 Å². The zero-order chi connectivity index (χ0) is 18.4. The molecule has 0 atom stereocenters. The number of benzene rings is 1. The molecular formula is C17H23F2N5O. The third-order valence-corrected chi connectivity index (χ3v) is 3.90. The summed E-state index contributed by atoms with van der Waals surface area (Å²) < 4.78 is 30.8. The summed E-state index contributed by atoms with van der Waals surface area (Å²) in [4.78, 5) is 4.17. The van der Waals surface area contributed by atoms with Gasteiger partial charge >= 0.3 is 6.61 Å². The van der Waals surface area contributed by atoms with Crippen LogP contribution in [0.15, 0.2) is 29.3 Å². The summed E-state index contributed by atoms with van der Waals surface area (Å²) in [6.45, 7) is 2.19. The molecule has 6 nitrogen and oxygen atoms in total. The van der Waals surface area contributed by atoms with Crippen molar-refractivity contribution in [3.8, 4) is 5.75 Å². The first-order valence-corrected chi connectivity index (χ1v) is 7.88. The molecule has 0 aliphatic rings. The molecule has 8 heteroatoms. The minimum Gasteiger partial charge on any atom is -0.435 e. The van der Waals surface area contributed by atoms with Crippen LogP contribution in [0.25, 0.3) is 0 Å². The highest BCUT2D eigenvalue weighted by molar-refractivity contribution is 5.79. The Morgan fingerprint density at radius 3 is 2.60 bits per heavy atom. The van der Waals surface area contributed by atoms with Crippen LogP contribution in [0.1, 0.15) is 22.5 Å². The summed E-state index contributed by atoms with van der Waals surface area (Å²) in [5, 5.41) is 10.8. The molecule has 0 amide bonds. The van der Waals surface area contributed by atoms with E-state index in [4.69, 9.17) is 0 Å². The van der Waals surface area contributed by atoms with Crippen molar-refractivity contribution in [2.24, 2.45) is 12.0 Å². The standard InChI is InChI=1S/C17H23F2N5O/c1-11-15(12(2)24(4)23-11)10-22-17(20-3)21-9-13-6-5-7-14(8-13)25-16(18)19/h5-8,16H,9-10H2,1-4H3,(H2,20,21,22). The normalized spacial score (nSPS) is 11.7. The summed E-state index contributed by atoms with van der Waals surface area (Å²) in [7, 11) is 3.59. The second-order valence-electron chi connectivity index (χ2n) is 5.58. The molecule has 0 spiro atoms. The van der Waals surface area contributed by atoms with Crippen LogP contribution in [0.2, 0.25) is 0 Å². The molecule has 0 radical (unpaired) electrons. The maximum atomic E-state index is 12.3. The first-order valence-electron chi connectivity index (χ1n) is 7.88. The lowest BCUT2D eigenvalue weighted by molar-refractivity contribution is -0.0498. The van der Waals surface area contributed by atoms with E-state index in [1.54, 1.807) is 19.2 Å². The highest BCUT2D eigenvalue weighted by Crippen LogP contribution is 2.16. The van der Waals surface area contributed by atoms with E-state index in [-0.39, 0.29) is 5.75 Å². The Morgan fingerprint density at radius 1 is 1.28 bits per heavy atom. The van der Waals surface area contributed by atoms with Crippen LogP contribution in [0.4, 0.5) is 8.78 Å². The molecule has 1 aromatic heterocycles. The number of rotatable bonds is 6. The largest absolute Gasteiger partial charge is 0.435 e. The van der Waals surface area contributed by atoms with Crippen LogP contribution in [0.5, 0.6) is 5.75 Å². The summed E-state index contributed by atoms with van der Waals surface area (Å²) in [5.41, 5.74) is 4.00. The fourth-order valence-corrected chi connectivity index (χ4v) is 2.48. The van der Waals surface area contributed by atoms with Gasteiger partial charge in [-0.1, -0.05) is 12.1 Å². The van der Waals surface area contributed by atoms with Gasteiger partial charge in [0, 0.05) is 38.4 Å². The second-order valence-corrected chi connectivity index (χ2v) is 5.58. The van der Waals surface area contributed by atoms with Gasteiger partial charge in [0.25, 0.3) is 0 Å². The number of ether oxygens (including phenoxy) is 1. The molecule has 136 valence electrons. The Hall–Kier alpha value is -2.64. The Labute approximate surface area is 145 Å². The Bertz CT molecular complexity index is 743. The van der Waals surface area contributed by atoms with Gasteiger partial charge < -0.3 is 15.4 Å². The number of nitrogens with zero attached hydrogens (tertiary/aromatic N) is 3. The fraction of sp³-hybridized carbons (Fsp3) is 0.412. The molecule has 0 bridgehead atoms. The van der Waals surface area contributed by atoms with Crippen molar-refractivity contribution in [1.29, 1.82) is 0 Å². The Balaban J connectivity index is 1.92. The fourth-order valence-electron chi connectivity index (χ4n) is 2.48. The molecule has 2 rings (SSSR count). The van der Waals surface area contributed by atoms with E-state index in [2.05, 4.69) is 25.5 Å². The van der Waals surface area contributed by atoms with Crippen molar-refractivity contribution in [1.82, 2.24) is 20.4 Å². The van der Waals surface area contributed by atoms with E-state index < -0.39 is 6.61 Å². The molecule has 0 unspecified atom stereocenters. The van der Waals surface area contributed by atoms with E-state index in [0.717, 1.165) is 22.5 Å². The topological polar surface area (TPSA) is 63.5 Å². The highest BCUT2D eigenvalue weighted by Gasteiger charge is 2.10. The van der Waals surface area contributed by atoms with Crippen molar-refractivity contribution >= 4 is 5.96 Å². The molecule has 1 heterocycles. The Kier molecular flexibility index (Phi) is 6.32. The number of halogens is 2. The number of alkyl halides is 2. The SMILES string of the molecule is CN=C(NCc1cccc(OC(F)F)c1)NCc1c(C)nn(C)c1C. The van der Waals surface area contributed by atoms with Gasteiger partial charge in [0.2, 0.25) is 0 Å². The van der Waals surface area contributed by atoms with Crippen LogP contribution >= 0.6 is 0 Å². The van der Waals surface area contributed by atoms with Gasteiger partial charge in [-0.25, -0.2) is 0 Å². The molecule has 0 fully saturated rings. The summed E-state index contributed by atoms with van der Waals surface area (Å²) >= 11 is 0. The molecular weight excluding hydrogens is 328 g/mol. The van der Waals surface area contributed by atoms with Crippen LogP contribution in [0, 0.1) is 13.8 Å². The summed E-state index contributed by atoms with van der Waals surface area (Å²) in [6, 6.07) is 6.57. The number of aliphatic imine (C=N–C) groups is 1. The maximum absolute atomic E-state index is 12.3. The lowest BCUT2D eigenvalue weighted by atomic mass is 10.2. The predicted molar refractivity (Wildman–Crippen MR) is 92.8 cm³/mol. The molecule has 2 aromatic rings. The maximum Gasteiger partial charge on any atom is 0.387 e. The van der Waals surface area contributed by atoms with Crippen LogP contribution in [0.3, 0.4) is 0 Å². The van der Waals surface area contributed by atoms with Crippen molar-refractivity contribution in [2.45, 2.75) is 33.5 Å². The average molecular weight is 351 g/mol. The van der Waals surface area contributed by atoms with Crippen molar-refractivity contribution in [3.05, 3.63) is 46.8 Å². The van der Waals surface area contributed by atoms with E-state index in [9.17, 15) is 8.78 Å². The van der Waals surface area contributed by atoms with Crippen LogP contribution < -0.4 is 15.4 Å². The minimum atomic E-state index is -2.83. The third kappa shape index (κ3) is 5.17. The van der Waals surface area contributed by atoms with E-state index in [0.29, 0.717) is 19.0 Å². The second kappa shape index (κ2) is 8.46. The predicted octanol–water partition coefficient (Wildman–Crippen LogP) is 2.50. The number of guanidine groups is 1. The zero-order valence-electron chi connectivity index (χ0n) is 14.8. The molecule has 1 aromatic carbocycles. The van der Waals surface area contributed by atoms with Crippen molar-refractivity contribution < 1.29 is 13.5 Å². The highest BCUT2D eigenvalue weighted by atomic mass is 19.3. The van der Waals surface area contributed by atoms with Gasteiger partial charge in [-0.05, 0) is 31.5 Å². The van der Waals surface area contributed by atoms with Crippen LogP contribution in [-0.4, -0.2) is 29.4 Å². The minimum absolute atomic E-state index is 0.138. The molecule has 0 saturated carbocycles. The Morgan fingerprint density at radius 2 is 2.00 bits per heavy atom. The van der Waals surface area contributed by atoms with Gasteiger partial charge in [0.1, 0.15) is 5.75 Å². The summed E-state index contributed by atoms with van der Waals surface area (Å²) in [5.74, 6) is 0.752. The molecule has 2 N–H and O–H groups in total. The van der Waals surface area contributed by atoms with Crippen molar-refractivity contribution in [3.63, 3.8) is 0 Å². The molecule has 0 aliphatic heterocycles.